The van der Waals surface area contributed by atoms with Crippen molar-refractivity contribution >= 4 is 17.3 Å². The van der Waals surface area contributed by atoms with E-state index in [4.69, 9.17) is 9.90 Å². The lowest BCUT2D eigenvalue weighted by Gasteiger charge is -2.56. The van der Waals surface area contributed by atoms with Crippen molar-refractivity contribution in [2.75, 3.05) is 11.9 Å². The third kappa shape index (κ3) is 4.97. The number of nitrogens with one attached hydrogen (secondary N) is 2. The Bertz CT molecular complexity index is 1310. The maximum atomic E-state index is 11.1. The number of carboxylic acids is 1. The summed E-state index contributed by atoms with van der Waals surface area (Å²) in [7, 11) is 0. The van der Waals surface area contributed by atoms with Gasteiger partial charge in [0.25, 0.3) is 0 Å². The molecule has 0 unspecified atom stereocenters. The zero-order chi connectivity index (χ0) is 26.9. The van der Waals surface area contributed by atoms with Crippen molar-refractivity contribution in [1.82, 2.24) is 5.32 Å². The molecular formula is C30H31F3N2O3. The number of rotatable bonds is 3. The maximum absolute atomic E-state index is 11.1. The first-order chi connectivity index (χ1) is 18.2. The minimum absolute atomic E-state index is 0.264. The van der Waals surface area contributed by atoms with Gasteiger partial charge < -0.3 is 20.8 Å². The molecule has 1 heterocycles. The molecule has 2 fully saturated rings. The highest BCUT2D eigenvalue weighted by Crippen LogP contribution is 2.55. The number of piperidine rings is 1. The highest BCUT2D eigenvalue weighted by Gasteiger charge is 2.51. The van der Waals surface area contributed by atoms with E-state index in [1.807, 2.05) is 12.1 Å². The molecule has 8 heteroatoms. The first-order valence-electron chi connectivity index (χ1n) is 13.0. The lowest BCUT2D eigenvalue weighted by Crippen LogP contribution is -2.59. The highest BCUT2D eigenvalue weighted by molar-refractivity contribution is 5.82. The van der Waals surface area contributed by atoms with Crippen LogP contribution in [-0.4, -0.2) is 34.9 Å². The van der Waals surface area contributed by atoms with Gasteiger partial charge in [-0.2, -0.15) is 13.2 Å². The monoisotopic (exact) mass is 524 g/mol. The van der Waals surface area contributed by atoms with Crippen LogP contribution in [0.3, 0.4) is 0 Å². The average Bonchev–Trinajstić information content (AvgIpc) is 2.90. The van der Waals surface area contributed by atoms with Crippen LogP contribution in [0.4, 0.5) is 24.5 Å². The van der Waals surface area contributed by atoms with Crippen molar-refractivity contribution < 1.29 is 28.2 Å². The molecule has 38 heavy (non-hydrogen) atoms. The first kappa shape index (κ1) is 26.1. The fourth-order valence-electron chi connectivity index (χ4n) is 6.68. The van der Waals surface area contributed by atoms with E-state index < -0.39 is 12.1 Å². The Morgan fingerprint density at radius 3 is 2.42 bits per heavy atom. The topological polar surface area (TPSA) is 81.6 Å². The molecule has 1 aliphatic heterocycles. The lowest BCUT2D eigenvalue weighted by molar-refractivity contribution is -0.192. The number of hydrogen-bond acceptors (Lipinski definition) is 4. The molecule has 3 aromatic carbocycles. The molecule has 0 spiro atoms. The Morgan fingerprint density at radius 1 is 0.974 bits per heavy atom. The van der Waals surface area contributed by atoms with Crippen molar-refractivity contribution in [3.8, 4) is 16.9 Å². The van der Waals surface area contributed by atoms with Crippen LogP contribution in [0, 0.1) is 5.92 Å². The Kier molecular flexibility index (Phi) is 7.09. The summed E-state index contributed by atoms with van der Waals surface area (Å²) in [6.45, 7) is 1.10. The number of para-hydroxylation sites is 1. The summed E-state index contributed by atoms with van der Waals surface area (Å²) < 4.78 is 31.7. The molecule has 3 aromatic rings. The number of alkyl halides is 3. The number of aromatic hydroxyl groups is 1. The fraction of sp³-hybridized carbons (Fsp3) is 0.367. The van der Waals surface area contributed by atoms with Gasteiger partial charge in [0.05, 0.1) is 5.69 Å². The summed E-state index contributed by atoms with van der Waals surface area (Å²) in [5.74, 6) is -1.66. The van der Waals surface area contributed by atoms with Crippen molar-refractivity contribution in [2.45, 2.75) is 56.2 Å². The molecule has 5 nitrogen and oxygen atoms in total. The van der Waals surface area contributed by atoms with Crippen LogP contribution in [-0.2, 0) is 16.6 Å². The van der Waals surface area contributed by atoms with Crippen LogP contribution in [0.5, 0.6) is 5.75 Å². The first-order valence-corrected chi connectivity index (χ1v) is 13.0. The van der Waals surface area contributed by atoms with Gasteiger partial charge in [0.1, 0.15) is 5.75 Å². The van der Waals surface area contributed by atoms with E-state index in [1.165, 1.54) is 48.8 Å². The van der Waals surface area contributed by atoms with Crippen molar-refractivity contribution in [3.63, 3.8) is 0 Å². The predicted molar refractivity (Wildman–Crippen MR) is 141 cm³/mol. The number of fused-ring (bicyclic) bond motifs is 1. The molecule has 2 bridgehead atoms. The van der Waals surface area contributed by atoms with Gasteiger partial charge >= 0.3 is 12.1 Å². The number of phenols is 1. The smallest absolute Gasteiger partial charge is 0.490 e. The van der Waals surface area contributed by atoms with Gasteiger partial charge in [-0.25, -0.2) is 4.79 Å². The summed E-state index contributed by atoms with van der Waals surface area (Å²) >= 11 is 0. The molecule has 2 aliphatic carbocycles. The van der Waals surface area contributed by atoms with Gasteiger partial charge in [-0.1, -0.05) is 61.4 Å². The SMILES string of the molecule is O=C(O)C(F)(F)F.Oc1cc2c(cc1Nc1ccccc1-c1ccccc1)C[C@@H]1NCC[C@]23CCCC[C@H]13. The molecule has 3 atom stereocenters. The summed E-state index contributed by atoms with van der Waals surface area (Å²) in [6.07, 6.45) is 2.44. The Morgan fingerprint density at radius 2 is 1.68 bits per heavy atom. The van der Waals surface area contributed by atoms with Gasteiger partial charge in [-0.3, -0.25) is 0 Å². The zero-order valence-electron chi connectivity index (χ0n) is 20.9. The maximum Gasteiger partial charge on any atom is 0.490 e. The third-order valence-corrected chi connectivity index (χ3v) is 8.28. The summed E-state index contributed by atoms with van der Waals surface area (Å²) in [5, 5.41) is 25.6. The Balaban J connectivity index is 0.000000374. The van der Waals surface area contributed by atoms with Crippen LogP contribution in [0.2, 0.25) is 0 Å². The second kappa shape index (κ2) is 10.3. The van der Waals surface area contributed by atoms with Crippen molar-refractivity contribution in [3.05, 3.63) is 77.9 Å². The summed E-state index contributed by atoms with van der Waals surface area (Å²) in [4.78, 5) is 8.90. The van der Waals surface area contributed by atoms with Gasteiger partial charge in [0.15, 0.2) is 0 Å². The second-order valence-corrected chi connectivity index (χ2v) is 10.4. The number of halogens is 3. The third-order valence-electron chi connectivity index (χ3n) is 8.28. The van der Waals surface area contributed by atoms with Crippen LogP contribution >= 0.6 is 0 Å². The van der Waals surface area contributed by atoms with Gasteiger partial charge in [0, 0.05) is 22.7 Å². The standard InChI is InChI=1S/C28H30N2O.C2HF3O2/c31-27-18-23-20(16-25-22-11-6-7-13-28(22,23)14-15-29-25)17-26(27)30-24-12-5-4-10-21(24)19-8-2-1-3-9-19;3-2(4,5)1(6)7/h1-5,8-10,12,17-18,22,25,29-31H,6-7,11,13-16H2;(H,6,7)/t22-,25+,28+;/m1./s1. The number of phenolic OH excluding ortho intramolecular Hbond substituents is 1. The molecule has 1 saturated heterocycles. The largest absolute Gasteiger partial charge is 0.506 e. The normalized spacial score (nSPS) is 23.8. The number of aliphatic carboxylic acids is 1. The van der Waals surface area contributed by atoms with Crippen molar-refractivity contribution in [1.29, 1.82) is 0 Å². The van der Waals surface area contributed by atoms with E-state index in [2.05, 4.69) is 65.2 Å². The molecule has 6 rings (SSSR count). The number of anilines is 2. The number of hydrogen-bond donors (Lipinski definition) is 4. The molecule has 0 radical (unpaired) electrons. The molecule has 200 valence electrons. The lowest BCUT2D eigenvalue weighted by atomic mass is 9.53. The molecular weight excluding hydrogens is 493 g/mol. The van der Waals surface area contributed by atoms with Gasteiger partial charge in [-0.15, -0.1) is 0 Å². The minimum atomic E-state index is -5.08. The molecule has 3 aliphatic rings. The van der Waals surface area contributed by atoms with Crippen molar-refractivity contribution in [2.24, 2.45) is 5.92 Å². The molecule has 4 N–H and O–H groups in total. The van der Waals surface area contributed by atoms with E-state index in [1.54, 1.807) is 0 Å². The van der Waals surface area contributed by atoms with Gasteiger partial charge in [0.2, 0.25) is 0 Å². The highest BCUT2D eigenvalue weighted by atomic mass is 19.4. The molecule has 0 aromatic heterocycles. The summed E-state index contributed by atoms with van der Waals surface area (Å²) in [5.41, 5.74) is 7.25. The van der Waals surface area contributed by atoms with E-state index in [0.717, 1.165) is 35.8 Å². The minimum Gasteiger partial charge on any atom is -0.506 e. The van der Waals surface area contributed by atoms with Crippen LogP contribution in [0.1, 0.15) is 43.2 Å². The quantitative estimate of drug-likeness (QED) is 0.284. The van der Waals surface area contributed by atoms with E-state index in [0.29, 0.717) is 11.8 Å². The predicted octanol–water partition coefficient (Wildman–Crippen LogP) is 6.78. The van der Waals surface area contributed by atoms with Crippen LogP contribution in [0.25, 0.3) is 11.1 Å². The zero-order valence-corrected chi connectivity index (χ0v) is 20.9. The van der Waals surface area contributed by atoms with Gasteiger partial charge in [-0.05, 0) is 73.0 Å². The second-order valence-electron chi connectivity index (χ2n) is 10.4. The Hall–Kier alpha value is -3.52. The van der Waals surface area contributed by atoms with E-state index in [-0.39, 0.29) is 5.41 Å². The van der Waals surface area contributed by atoms with Crippen LogP contribution < -0.4 is 10.6 Å². The van der Waals surface area contributed by atoms with Crippen LogP contribution in [0.15, 0.2) is 66.7 Å². The molecule has 0 amide bonds. The number of carboxylic acid groups (broad SMARTS) is 1. The fourth-order valence-corrected chi connectivity index (χ4v) is 6.68. The summed E-state index contributed by atoms with van der Waals surface area (Å²) in [6, 6.07) is 23.7. The Labute approximate surface area is 219 Å². The van der Waals surface area contributed by atoms with E-state index in [9.17, 15) is 18.3 Å². The average molecular weight is 525 g/mol. The molecule has 1 saturated carbocycles. The number of carbonyl (C=O) groups is 1. The number of benzene rings is 3. The van der Waals surface area contributed by atoms with E-state index >= 15 is 0 Å².